The molecule has 1 fully saturated rings. The van der Waals surface area contributed by atoms with Crippen LogP contribution in [-0.4, -0.2) is 22.6 Å². The molecule has 1 aromatic heterocycles. The SMILES string of the molecule is CCn1nc(NC(=O)N[C@@H](C)c2ccc3c(c2)OCO3)cc1C1CC1. The van der Waals surface area contributed by atoms with Crippen LogP contribution in [-0.2, 0) is 6.54 Å². The average molecular weight is 342 g/mol. The van der Waals surface area contributed by atoms with Gasteiger partial charge in [-0.1, -0.05) is 6.07 Å². The van der Waals surface area contributed by atoms with E-state index in [0.717, 1.165) is 17.9 Å². The highest BCUT2D eigenvalue weighted by molar-refractivity contribution is 5.88. The summed E-state index contributed by atoms with van der Waals surface area (Å²) in [5.41, 5.74) is 2.17. The van der Waals surface area contributed by atoms with E-state index in [9.17, 15) is 4.79 Å². The number of ether oxygens (including phenoxy) is 2. The van der Waals surface area contributed by atoms with Gasteiger partial charge in [0.05, 0.1) is 6.04 Å². The number of nitrogens with zero attached hydrogens (tertiary/aromatic N) is 2. The number of amides is 2. The molecule has 25 heavy (non-hydrogen) atoms. The number of nitrogens with one attached hydrogen (secondary N) is 2. The molecule has 2 N–H and O–H groups in total. The lowest BCUT2D eigenvalue weighted by atomic mass is 10.1. The molecule has 2 aromatic rings. The van der Waals surface area contributed by atoms with Crippen molar-refractivity contribution in [2.45, 2.75) is 45.2 Å². The Hall–Kier alpha value is -2.70. The molecule has 0 unspecified atom stereocenters. The van der Waals surface area contributed by atoms with Crippen LogP contribution in [0.5, 0.6) is 11.5 Å². The van der Waals surface area contributed by atoms with Gasteiger partial charge in [-0.05, 0) is 44.4 Å². The molecule has 2 heterocycles. The summed E-state index contributed by atoms with van der Waals surface area (Å²) in [5, 5.41) is 10.2. The van der Waals surface area contributed by atoms with Crippen molar-refractivity contribution in [1.82, 2.24) is 15.1 Å². The van der Waals surface area contributed by atoms with Gasteiger partial charge in [0.25, 0.3) is 0 Å². The fraction of sp³-hybridized carbons (Fsp3) is 0.444. The molecule has 1 aliphatic heterocycles. The lowest BCUT2D eigenvalue weighted by molar-refractivity contribution is 0.174. The van der Waals surface area contributed by atoms with Crippen LogP contribution in [0.1, 0.15) is 49.9 Å². The molecule has 7 heteroatoms. The van der Waals surface area contributed by atoms with Crippen LogP contribution in [0, 0.1) is 0 Å². The van der Waals surface area contributed by atoms with Gasteiger partial charge < -0.3 is 14.8 Å². The zero-order valence-electron chi connectivity index (χ0n) is 14.4. The zero-order chi connectivity index (χ0) is 17.4. The topological polar surface area (TPSA) is 77.4 Å². The number of benzene rings is 1. The van der Waals surface area contributed by atoms with Crippen LogP contribution < -0.4 is 20.1 Å². The van der Waals surface area contributed by atoms with Crippen molar-refractivity contribution in [3.8, 4) is 11.5 Å². The summed E-state index contributed by atoms with van der Waals surface area (Å²) in [6.07, 6.45) is 2.41. The summed E-state index contributed by atoms with van der Waals surface area (Å²) in [7, 11) is 0. The molecule has 0 radical (unpaired) electrons. The Morgan fingerprint density at radius 2 is 2.12 bits per heavy atom. The summed E-state index contributed by atoms with van der Waals surface area (Å²) in [4.78, 5) is 12.3. The number of rotatable bonds is 5. The fourth-order valence-corrected chi connectivity index (χ4v) is 3.07. The predicted molar refractivity (Wildman–Crippen MR) is 93.0 cm³/mol. The van der Waals surface area contributed by atoms with Crippen LogP contribution in [0.25, 0.3) is 0 Å². The number of aromatic nitrogens is 2. The maximum absolute atomic E-state index is 12.3. The van der Waals surface area contributed by atoms with E-state index in [1.54, 1.807) is 0 Å². The second kappa shape index (κ2) is 6.31. The average Bonchev–Trinajstić information content (AvgIpc) is 3.19. The second-order valence-electron chi connectivity index (χ2n) is 6.48. The second-order valence-corrected chi connectivity index (χ2v) is 6.48. The van der Waals surface area contributed by atoms with E-state index in [1.807, 2.05) is 35.9 Å². The number of fused-ring (bicyclic) bond motifs is 1. The van der Waals surface area contributed by atoms with E-state index >= 15 is 0 Å². The fourth-order valence-electron chi connectivity index (χ4n) is 3.07. The van der Waals surface area contributed by atoms with E-state index in [-0.39, 0.29) is 18.9 Å². The molecule has 132 valence electrons. The van der Waals surface area contributed by atoms with Crippen molar-refractivity contribution in [1.29, 1.82) is 0 Å². The van der Waals surface area contributed by atoms with Gasteiger partial charge in [-0.25, -0.2) is 4.79 Å². The van der Waals surface area contributed by atoms with Gasteiger partial charge in [-0.2, -0.15) is 5.10 Å². The normalized spacial score (nSPS) is 16.6. The lowest BCUT2D eigenvalue weighted by Gasteiger charge is -2.14. The van der Waals surface area contributed by atoms with Crippen molar-refractivity contribution in [3.63, 3.8) is 0 Å². The summed E-state index contributed by atoms with van der Waals surface area (Å²) < 4.78 is 12.7. The van der Waals surface area contributed by atoms with E-state index in [1.165, 1.54) is 18.5 Å². The first-order valence-corrected chi connectivity index (χ1v) is 8.69. The first kappa shape index (κ1) is 15.8. The number of hydrogen-bond donors (Lipinski definition) is 2. The van der Waals surface area contributed by atoms with Crippen molar-refractivity contribution < 1.29 is 14.3 Å². The van der Waals surface area contributed by atoms with Crippen LogP contribution in [0.2, 0.25) is 0 Å². The third-order valence-electron chi connectivity index (χ3n) is 4.59. The molecule has 1 saturated carbocycles. The Morgan fingerprint density at radius 1 is 1.32 bits per heavy atom. The Balaban J connectivity index is 1.40. The van der Waals surface area contributed by atoms with Crippen molar-refractivity contribution in [2.24, 2.45) is 0 Å². The van der Waals surface area contributed by atoms with Gasteiger partial charge in [-0.3, -0.25) is 10.00 Å². The first-order valence-electron chi connectivity index (χ1n) is 8.69. The molecule has 0 bridgehead atoms. The highest BCUT2D eigenvalue weighted by atomic mass is 16.7. The molecule has 4 rings (SSSR count). The monoisotopic (exact) mass is 342 g/mol. The van der Waals surface area contributed by atoms with Gasteiger partial charge in [-0.15, -0.1) is 0 Å². The number of urea groups is 1. The van der Waals surface area contributed by atoms with Crippen molar-refractivity contribution in [2.75, 3.05) is 12.1 Å². The summed E-state index contributed by atoms with van der Waals surface area (Å²) in [5.74, 6) is 2.64. The molecule has 1 atom stereocenters. The molecule has 1 aromatic carbocycles. The third-order valence-corrected chi connectivity index (χ3v) is 4.59. The van der Waals surface area contributed by atoms with Gasteiger partial charge in [0.1, 0.15) is 0 Å². The number of carbonyl (C=O) groups excluding carboxylic acids is 1. The minimum Gasteiger partial charge on any atom is -0.454 e. The quantitative estimate of drug-likeness (QED) is 0.873. The minimum atomic E-state index is -0.270. The molecular weight excluding hydrogens is 320 g/mol. The largest absolute Gasteiger partial charge is 0.454 e. The molecule has 1 aliphatic carbocycles. The Bertz CT molecular complexity index is 798. The molecule has 2 amide bonds. The van der Waals surface area contributed by atoms with Crippen LogP contribution in [0.3, 0.4) is 0 Å². The first-order chi connectivity index (χ1) is 12.1. The van der Waals surface area contributed by atoms with Crippen molar-refractivity contribution in [3.05, 3.63) is 35.5 Å². The zero-order valence-corrected chi connectivity index (χ0v) is 14.4. The highest BCUT2D eigenvalue weighted by Gasteiger charge is 2.28. The summed E-state index contributed by atoms with van der Waals surface area (Å²) in [6.45, 7) is 5.04. The standard InChI is InChI=1S/C18H22N4O3/c1-3-22-14(12-4-5-12)9-17(21-22)20-18(23)19-11(2)13-6-7-15-16(8-13)25-10-24-15/h6-9,11-12H,3-5,10H2,1-2H3,(H2,19,20,21,23)/t11-/m0/s1. The molecule has 7 nitrogen and oxygen atoms in total. The minimum absolute atomic E-state index is 0.161. The number of hydrogen-bond acceptors (Lipinski definition) is 4. The summed E-state index contributed by atoms with van der Waals surface area (Å²) in [6, 6.07) is 7.23. The van der Waals surface area contributed by atoms with E-state index < -0.39 is 0 Å². The number of aryl methyl sites for hydroxylation is 1. The van der Waals surface area contributed by atoms with Crippen molar-refractivity contribution >= 4 is 11.8 Å². The van der Waals surface area contributed by atoms with E-state index in [2.05, 4.69) is 22.7 Å². The van der Waals surface area contributed by atoms with Crippen LogP contribution >= 0.6 is 0 Å². The number of carbonyl (C=O) groups is 1. The lowest BCUT2D eigenvalue weighted by Crippen LogP contribution is -2.31. The predicted octanol–water partition coefficient (Wildman–Crippen LogP) is 3.39. The number of anilines is 1. The van der Waals surface area contributed by atoms with Gasteiger partial charge >= 0.3 is 6.03 Å². The smallest absolute Gasteiger partial charge is 0.320 e. The summed E-state index contributed by atoms with van der Waals surface area (Å²) >= 11 is 0. The Labute approximate surface area is 146 Å². The molecular formula is C18H22N4O3. The van der Waals surface area contributed by atoms with Gasteiger partial charge in [0, 0.05) is 24.2 Å². The molecule has 2 aliphatic rings. The molecule has 0 saturated heterocycles. The Kier molecular flexibility index (Phi) is 3.99. The van der Waals surface area contributed by atoms with E-state index in [4.69, 9.17) is 9.47 Å². The third kappa shape index (κ3) is 3.26. The Morgan fingerprint density at radius 3 is 2.88 bits per heavy atom. The maximum atomic E-state index is 12.3. The highest BCUT2D eigenvalue weighted by Crippen LogP contribution is 2.40. The molecule has 0 spiro atoms. The van der Waals surface area contributed by atoms with Gasteiger partial charge in [0.2, 0.25) is 6.79 Å². The van der Waals surface area contributed by atoms with Crippen LogP contribution in [0.4, 0.5) is 10.6 Å². The van der Waals surface area contributed by atoms with E-state index in [0.29, 0.717) is 17.5 Å². The van der Waals surface area contributed by atoms with Crippen LogP contribution in [0.15, 0.2) is 24.3 Å². The van der Waals surface area contributed by atoms with Gasteiger partial charge in [0.15, 0.2) is 17.3 Å². The maximum Gasteiger partial charge on any atom is 0.320 e.